The summed E-state index contributed by atoms with van der Waals surface area (Å²) in [6.45, 7) is 8.67. The SMILES string of the molecule is CCC(CC(N)=NO)Nc1ccc(C(C)(C)C)cc1. The minimum atomic E-state index is 0.163. The zero-order valence-corrected chi connectivity index (χ0v) is 12.3. The van der Waals surface area contributed by atoms with E-state index in [0.29, 0.717) is 6.42 Å². The van der Waals surface area contributed by atoms with Crippen molar-refractivity contribution < 1.29 is 5.21 Å². The standard InChI is InChI=1S/C15H25N3O/c1-5-12(10-14(16)18-19)17-13-8-6-11(7-9-13)15(2,3)4/h6-9,12,17,19H,5,10H2,1-4H3,(H2,16,18). The average molecular weight is 263 g/mol. The molecule has 1 rings (SSSR count). The van der Waals surface area contributed by atoms with Gasteiger partial charge in [-0.2, -0.15) is 0 Å². The lowest BCUT2D eigenvalue weighted by molar-refractivity contribution is 0.316. The molecule has 0 fully saturated rings. The molecule has 0 aliphatic carbocycles. The second kappa shape index (κ2) is 6.45. The largest absolute Gasteiger partial charge is 0.409 e. The summed E-state index contributed by atoms with van der Waals surface area (Å²) in [5.41, 5.74) is 8.08. The lowest BCUT2D eigenvalue weighted by atomic mass is 9.87. The molecular weight excluding hydrogens is 238 g/mol. The summed E-state index contributed by atoms with van der Waals surface area (Å²) < 4.78 is 0. The first-order valence-electron chi connectivity index (χ1n) is 6.70. The van der Waals surface area contributed by atoms with Crippen molar-refractivity contribution in [2.24, 2.45) is 10.9 Å². The molecule has 0 aromatic heterocycles. The van der Waals surface area contributed by atoms with E-state index in [1.54, 1.807) is 0 Å². The van der Waals surface area contributed by atoms with Crippen LogP contribution in [0.5, 0.6) is 0 Å². The summed E-state index contributed by atoms with van der Waals surface area (Å²) in [6.07, 6.45) is 1.45. The molecule has 0 bridgehead atoms. The molecule has 0 spiro atoms. The van der Waals surface area contributed by atoms with Crippen LogP contribution in [-0.4, -0.2) is 17.1 Å². The van der Waals surface area contributed by atoms with Crippen molar-refractivity contribution in [3.63, 3.8) is 0 Å². The highest BCUT2D eigenvalue weighted by Crippen LogP contribution is 2.24. The summed E-state index contributed by atoms with van der Waals surface area (Å²) >= 11 is 0. The predicted octanol–water partition coefficient (Wildman–Crippen LogP) is 3.31. The van der Waals surface area contributed by atoms with Crippen LogP contribution in [0.1, 0.15) is 46.1 Å². The van der Waals surface area contributed by atoms with Crippen LogP contribution >= 0.6 is 0 Å². The summed E-state index contributed by atoms with van der Waals surface area (Å²) in [6, 6.07) is 8.61. The van der Waals surface area contributed by atoms with Crippen molar-refractivity contribution in [2.75, 3.05) is 5.32 Å². The van der Waals surface area contributed by atoms with Gasteiger partial charge in [0.2, 0.25) is 0 Å². The number of rotatable bonds is 5. The molecular formula is C15H25N3O. The Hall–Kier alpha value is -1.71. The smallest absolute Gasteiger partial charge is 0.141 e. The molecule has 0 aliphatic rings. The average Bonchev–Trinajstić information content (AvgIpc) is 2.37. The van der Waals surface area contributed by atoms with Crippen LogP contribution in [-0.2, 0) is 5.41 Å². The maximum absolute atomic E-state index is 8.61. The Morgan fingerprint density at radius 2 is 1.89 bits per heavy atom. The number of oxime groups is 1. The highest BCUT2D eigenvalue weighted by atomic mass is 16.4. The number of hydrogen-bond donors (Lipinski definition) is 3. The Balaban J connectivity index is 2.71. The van der Waals surface area contributed by atoms with Crippen molar-refractivity contribution in [3.8, 4) is 0 Å². The van der Waals surface area contributed by atoms with E-state index in [9.17, 15) is 0 Å². The molecule has 0 aliphatic heterocycles. The third kappa shape index (κ3) is 4.81. The molecule has 1 aromatic rings. The Labute approximate surface area is 115 Å². The number of nitrogens with two attached hydrogens (primary N) is 1. The van der Waals surface area contributed by atoms with Gasteiger partial charge in [-0.15, -0.1) is 0 Å². The van der Waals surface area contributed by atoms with Crippen molar-refractivity contribution >= 4 is 11.5 Å². The molecule has 0 radical (unpaired) electrons. The molecule has 0 saturated carbocycles. The second-order valence-corrected chi connectivity index (χ2v) is 5.87. The lowest BCUT2D eigenvalue weighted by Gasteiger charge is -2.21. The highest BCUT2D eigenvalue weighted by molar-refractivity contribution is 5.80. The topological polar surface area (TPSA) is 70.6 Å². The summed E-state index contributed by atoms with van der Waals surface area (Å²) in [5, 5.41) is 15.0. The zero-order valence-electron chi connectivity index (χ0n) is 12.3. The third-order valence-electron chi connectivity index (χ3n) is 3.20. The van der Waals surface area contributed by atoms with E-state index in [0.717, 1.165) is 12.1 Å². The zero-order chi connectivity index (χ0) is 14.5. The molecule has 0 amide bonds. The third-order valence-corrected chi connectivity index (χ3v) is 3.20. The van der Waals surface area contributed by atoms with Gasteiger partial charge in [0.25, 0.3) is 0 Å². The molecule has 4 N–H and O–H groups in total. The fourth-order valence-corrected chi connectivity index (χ4v) is 1.89. The number of benzene rings is 1. The lowest BCUT2D eigenvalue weighted by Crippen LogP contribution is -2.26. The van der Waals surface area contributed by atoms with Gasteiger partial charge in [-0.3, -0.25) is 0 Å². The van der Waals surface area contributed by atoms with Crippen molar-refractivity contribution in [3.05, 3.63) is 29.8 Å². The van der Waals surface area contributed by atoms with Crippen LogP contribution in [0, 0.1) is 0 Å². The maximum Gasteiger partial charge on any atom is 0.141 e. The van der Waals surface area contributed by atoms with E-state index in [4.69, 9.17) is 10.9 Å². The van der Waals surface area contributed by atoms with E-state index >= 15 is 0 Å². The van der Waals surface area contributed by atoms with E-state index < -0.39 is 0 Å². The molecule has 0 heterocycles. The van der Waals surface area contributed by atoms with E-state index in [2.05, 4.69) is 62.4 Å². The second-order valence-electron chi connectivity index (χ2n) is 5.87. The fourth-order valence-electron chi connectivity index (χ4n) is 1.89. The van der Waals surface area contributed by atoms with Gasteiger partial charge in [-0.1, -0.05) is 45.0 Å². The van der Waals surface area contributed by atoms with Gasteiger partial charge in [0.1, 0.15) is 5.84 Å². The minimum Gasteiger partial charge on any atom is -0.409 e. The highest BCUT2D eigenvalue weighted by Gasteiger charge is 2.13. The number of nitrogens with zero attached hydrogens (tertiary/aromatic N) is 1. The Bertz CT molecular complexity index is 418. The van der Waals surface area contributed by atoms with Gasteiger partial charge < -0.3 is 16.3 Å². The quantitative estimate of drug-likeness (QED) is 0.330. The number of amidine groups is 1. The van der Waals surface area contributed by atoms with Crippen molar-refractivity contribution in [1.29, 1.82) is 0 Å². The van der Waals surface area contributed by atoms with Crippen LogP contribution in [0.3, 0.4) is 0 Å². The monoisotopic (exact) mass is 263 g/mol. The molecule has 1 atom stereocenters. The van der Waals surface area contributed by atoms with E-state index in [-0.39, 0.29) is 17.3 Å². The van der Waals surface area contributed by atoms with Crippen molar-refractivity contribution in [1.82, 2.24) is 0 Å². The Morgan fingerprint density at radius 1 is 1.32 bits per heavy atom. The van der Waals surface area contributed by atoms with E-state index in [1.807, 2.05) is 0 Å². The van der Waals surface area contributed by atoms with Gasteiger partial charge in [-0.05, 0) is 29.5 Å². The van der Waals surface area contributed by atoms with Gasteiger partial charge in [0.15, 0.2) is 0 Å². The summed E-state index contributed by atoms with van der Waals surface area (Å²) in [4.78, 5) is 0. The van der Waals surface area contributed by atoms with Gasteiger partial charge in [0.05, 0.1) is 0 Å². The Kier molecular flexibility index (Phi) is 5.21. The van der Waals surface area contributed by atoms with Gasteiger partial charge in [-0.25, -0.2) is 0 Å². The van der Waals surface area contributed by atoms with Gasteiger partial charge >= 0.3 is 0 Å². The summed E-state index contributed by atoms with van der Waals surface area (Å²) in [7, 11) is 0. The van der Waals surface area contributed by atoms with Crippen LogP contribution in [0.15, 0.2) is 29.4 Å². The number of hydrogen-bond acceptors (Lipinski definition) is 3. The fraction of sp³-hybridized carbons (Fsp3) is 0.533. The molecule has 1 unspecified atom stereocenters. The maximum atomic E-state index is 8.61. The molecule has 4 nitrogen and oxygen atoms in total. The first-order chi connectivity index (χ1) is 8.86. The molecule has 0 saturated heterocycles. The molecule has 106 valence electrons. The first kappa shape index (κ1) is 15.3. The summed E-state index contributed by atoms with van der Waals surface area (Å²) in [5.74, 6) is 0.255. The van der Waals surface area contributed by atoms with Crippen LogP contribution < -0.4 is 11.1 Å². The van der Waals surface area contributed by atoms with Crippen LogP contribution in [0.4, 0.5) is 5.69 Å². The predicted molar refractivity (Wildman–Crippen MR) is 80.9 cm³/mol. The minimum absolute atomic E-state index is 0.163. The number of anilines is 1. The van der Waals surface area contributed by atoms with Crippen LogP contribution in [0.25, 0.3) is 0 Å². The van der Waals surface area contributed by atoms with E-state index in [1.165, 1.54) is 5.56 Å². The van der Waals surface area contributed by atoms with Crippen molar-refractivity contribution in [2.45, 2.75) is 52.0 Å². The molecule has 19 heavy (non-hydrogen) atoms. The Morgan fingerprint density at radius 3 is 2.32 bits per heavy atom. The molecule has 1 aromatic carbocycles. The molecule has 4 heteroatoms. The first-order valence-corrected chi connectivity index (χ1v) is 6.70. The van der Waals surface area contributed by atoms with Gasteiger partial charge in [0, 0.05) is 18.2 Å². The normalized spacial score (nSPS) is 14.2. The number of nitrogens with one attached hydrogen (secondary N) is 1. The van der Waals surface area contributed by atoms with Crippen LogP contribution in [0.2, 0.25) is 0 Å².